The van der Waals surface area contributed by atoms with Crippen LogP contribution in [-0.4, -0.2) is 35.5 Å². The maximum absolute atomic E-state index is 13.2. The van der Waals surface area contributed by atoms with Gasteiger partial charge in [0.2, 0.25) is 0 Å². The van der Waals surface area contributed by atoms with Crippen LogP contribution in [0, 0.1) is 6.92 Å². The number of fused-ring (bicyclic) bond motifs is 1. The third-order valence-corrected chi connectivity index (χ3v) is 5.86. The average molecular weight is 394 g/mol. The molecule has 0 N–H and O–H groups in total. The lowest BCUT2D eigenvalue weighted by atomic mass is 10.1. The lowest BCUT2D eigenvalue weighted by molar-refractivity contribution is 0.0756. The van der Waals surface area contributed by atoms with Crippen LogP contribution in [0.5, 0.6) is 11.5 Å². The molecule has 0 atom stereocenters. The minimum absolute atomic E-state index is 0.00886. The molecule has 1 aromatic heterocycles. The summed E-state index contributed by atoms with van der Waals surface area (Å²) in [5, 5.41) is 0.872. The van der Waals surface area contributed by atoms with Gasteiger partial charge in [0.15, 0.2) is 11.5 Å². The van der Waals surface area contributed by atoms with Crippen molar-refractivity contribution in [3.05, 3.63) is 64.7 Å². The number of thiazole rings is 1. The molecule has 2 aromatic carbocycles. The molecule has 0 saturated heterocycles. The molecule has 28 heavy (non-hydrogen) atoms. The molecule has 0 aliphatic carbocycles. The summed E-state index contributed by atoms with van der Waals surface area (Å²) in [6.07, 6.45) is 0. The van der Waals surface area contributed by atoms with Crippen molar-refractivity contribution in [3.63, 3.8) is 0 Å². The molecule has 4 rings (SSSR count). The largest absolute Gasteiger partial charge is 0.486 e. The Morgan fingerprint density at radius 2 is 1.86 bits per heavy atom. The highest BCUT2D eigenvalue weighted by molar-refractivity contribution is 7.17. The normalized spacial score (nSPS) is 12.6. The highest BCUT2D eigenvalue weighted by Crippen LogP contribution is 2.32. The lowest BCUT2D eigenvalue weighted by Gasteiger charge is -2.23. The summed E-state index contributed by atoms with van der Waals surface area (Å²) in [5.41, 5.74) is 2.82. The van der Waals surface area contributed by atoms with Crippen LogP contribution in [0.15, 0.2) is 48.5 Å². The van der Waals surface area contributed by atoms with Crippen molar-refractivity contribution in [2.75, 3.05) is 19.8 Å². The van der Waals surface area contributed by atoms with Crippen LogP contribution in [-0.2, 0) is 6.54 Å². The second-order valence-electron chi connectivity index (χ2n) is 6.60. The highest BCUT2D eigenvalue weighted by atomic mass is 32.1. The van der Waals surface area contributed by atoms with E-state index in [0.29, 0.717) is 31.2 Å². The van der Waals surface area contributed by atoms with Gasteiger partial charge in [-0.15, -0.1) is 11.3 Å². The van der Waals surface area contributed by atoms with E-state index in [9.17, 15) is 4.79 Å². The van der Waals surface area contributed by atoms with Gasteiger partial charge in [0.25, 0.3) is 5.91 Å². The van der Waals surface area contributed by atoms with Crippen molar-refractivity contribution in [3.8, 4) is 22.1 Å². The van der Waals surface area contributed by atoms with E-state index in [1.165, 1.54) is 11.3 Å². The van der Waals surface area contributed by atoms with Gasteiger partial charge in [-0.2, -0.15) is 0 Å². The van der Waals surface area contributed by atoms with Crippen LogP contribution in [0.1, 0.15) is 27.9 Å². The number of aryl methyl sites for hydroxylation is 1. The smallest absolute Gasteiger partial charge is 0.266 e. The van der Waals surface area contributed by atoms with Crippen LogP contribution in [0.3, 0.4) is 0 Å². The fraction of sp³-hybridized carbons (Fsp3) is 0.273. The zero-order chi connectivity index (χ0) is 19.5. The molecule has 1 aliphatic heterocycles. The molecule has 1 amide bonds. The Morgan fingerprint density at radius 1 is 1.11 bits per heavy atom. The number of aromatic nitrogens is 1. The van der Waals surface area contributed by atoms with Crippen LogP contribution >= 0.6 is 11.3 Å². The Bertz CT molecular complexity index is 985. The maximum atomic E-state index is 13.2. The third kappa shape index (κ3) is 3.73. The van der Waals surface area contributed by atoms with Crippen LogP contribution in [0.4, 0.5) is 0 Å². The van der Waals surface area contributed by atoms with E-state index in [2.05, 4.69) is 4.98 Å². The first-order valence-corrected chi connectivity index (χ1v) is 10.2. The minimum atomic E-state index is 0.00886. The van der Waals surface area contributed by atoms with Crippen molar-refractivity contribution in [1.29, 1.82) is 0 Å². The van der Waals surface area contributed by atoms with Gasteiger partial charge in [-0.3, -0.25) is 4.79 Å². The minimum Gasteiger partial charge on any atom is -0.486 e. The van der Waals surface area contributed by atoms with Crippen molar-refractivity contribution in [1.82, 2.24) is 9.88 Å². The Morgan fingerprint density at radius 3 is 2.61 bits per heavy atom. The predicted octanol–water partition coefficient (Wildman–Crippen LogP) is 4.55. The third-order valence-electron chi connectivity index (χ3n) is 4.66. The molecule has 1 aliphatic rings. The molecule has 3 aromatic rings. The maximum Gasteiger partial charge on any atom is 0.266 e. The molecule has 144 valence electrons. The second-order valence-corrected chi connectivity index (χ2v) is 7.60. The second kappa shape index (κ2) is 8.02. The molecule has 0 unspecified atom stereocenters. The molecule has 0 radical (unpaired) electrons. The average Bonchev–Trinajstić information content (AvgIpc) is 3.13. The number of amides is 1. The molecule has 0 saturated carbocycles. The fourth-order valence-corrected chi connectivity index (χ4v) is 4.22. The zero-order valence-corrected chi connectivity index (χ0v) is 16.8. The monoisotopic (exact) mass is 394 g/mol. The van der Waals surface area contributed by atoms with E-state index in [-0.39, 0.29) is 5.91 Å². The summed E-state index contributed by atoms with van der Waals surface area (Å²) in [6, 6.07) is 15.8. The molecular weight excluding hydrogens is 372 g/mol. The number of ether oxygens (including phenoxy) is 2. The Hall–Kier alpha value is -2.86. The molecule has 0 spiro atoms. The first-order chi connectivity index (χ1) is 13.7. The first kappa shape index (κ1) is 18.5. The summed E-state index contributed by atoms with van der Waals surface area (Å²) >= 11 is 1.45. The number of nitrogens with zero attached hydrogens (tertiary/aromatic N) is 2. The van der Waals surface area contributed by atoms with Gasteiger partial charge in [-0.25, -0.2) is 4.98 Å². The number of benzene rings is 2. The molecular formula is C22H22N2O3S. The molecule has 0 bridgehead atoms. The summed E-state index contributed by atoms with van der Waals surface area (Å²) in [6.45, 7) is 6.14. The Labute approximate surface area is 168 Å². The molecule has 2 heterocycles. The van der Waals surface area contributed by atoms with E-state index in [1.807, 2.05) is 67.3 Å². The number of hydrogen-bond donors (Lipinski definition) is 0. The summed E-state index contributed by atoms with van der Waals surface area (Å²) in [7, 11) is 0. The van der Waals surface area contributed by atoms with Gasteiger partial charge in [-0.1, -0.05) is 36.4 Å². The van der Waals surface area contributed by atoms with Gasteiger partial charge in [-0.05, 0) is 31.5 Å². The first-order valence-electron chi connectivity index (χ1n) is 9.36. The van der Waals surface area contributed by atoms with E-state index >= 15 is 0 Å². The topological polar surface area (TPSA) is 51.7 Å². The van der Waals surface area contributed by atoms with Crippen molar-refractivity contribution in [2.45, 2.75) is 20.4 Å². The van der Waals surface area contributed by atoms with Crippen molar-refractivity contribution < 1.29 is 14.3 Å². The van der Waals surface area contributed by atoms with Crippen LogP contribution in [0.2, 0.25) is 0 Å². The number of carbonyl (C=O) groups excluding carboxylic acids is 1. The van der Waals surface area contributed by atoms with Crippen molar-refractivity contribution >= 4 is 17.2 Å². The number of carbonyl (C=O) groups is 1. The van der Waals surface area contributed by atoms with Crippen LogP contribution in [0.25, 0.3) is 10.6 Å². The fourth-order valence-electron chi connectivity index (χ4n) is 3.18. The zero-order valence-electron chi connectivity index (χ0n) is 16.0. The summed E-state index contributed by atoms with van der Waals surface area (Å²) < 4.78 is 11.2. The lowest BCUT2D eigenvalue weighted by Crippen LogP contribution is -2.30. The molecule has 0 fully saturated rings. The number of rotatable bonds is 5. The summed E-state index contributed by atoms with van der Waals surface area (Å²) in [5.74, 6) is 1.51. The van der Waals surface area contributed by atoms with Gasteiger partial charge in [0.1, 0.15) is 23.1 Å². The Kier molecular flexibility index (Phi) is 5.30. The van der Waals surface area contributed by atoms with Gasteiger partial charge < -0.3 is 14.4 Å². The predicted molar refractivity (Wildman–Crippen MR) is 110 cm³/mol. The quantitative estimate of drug-likeness (QED) is 0.637. The van der Waals surface area contributed by atoms with Gasteiger partial charge >= 0.3 is 0 Å². The van der Waals surface area contributed by atoms with Gasteiger partial charge in [0.05, 0.1) is 5.69 Å². The summed E-state index contributed by atoms with van der Waals surface area (Å²) in [4.78, 5) is 20.3. The Balaban J connectivity index is 1.55. The molecule has 5 nitrogen and oxygen atoms in total. The molecule has 6 heteroatoms. The van der Waals surface area contributed by atoms with E-state index in [4.69, 9.17) is 9.47 Å². The van der Waals surface area contributed by atoms with Crippen LogP contribution < -0.4 is 9.47 Å². The van der Waals surface area contributed by atoms with E-state index in [0.717, 1.165) is 33.3 Å². The standard InChI is InChI=1S/C22H22N2O3S/c1-3-24(14-16-9-10-18-19(13-16)27-12-11-26-18)22(25)20-15(2)23-21(28-20)17-7-5-4-6-8-17/h4-10,13H,3,11-12,14H2,1-2H3. The SMILES string of the molecule is CCN(Cc1ccc2c(c1)OCCO2)C(=O)c1sc(-c2ccccc2)nc1C. The van der Waals surface area contributed by atoms with E-state index in [1.54, 1.807) is 0 Å². The van der Waals surface area contributed by atoms with Crippen molar-refractivity contribution in [2.24, 2.45) is 0 Å². The van der Waals surface area contributed by atoms with E-state index < -0.39 is 0 Å². The van der Waals surface area contributed by atoms with Gasteiger partial charge in [0, 0.05) is 18.7 Å². The highest BCUT2D eigenvalue weighted by Gasteiger charge is 2.22. The number of hydrogen-bond acceptors (Lipinski definition) is 5.